The van der Waals surface area contributed by atoms with E-state index < -0.39 is 11.5 Å². The van der Waals surface area contributed by atoms with Crippen molar-refractivity contribution in [2.24, 2.45) is 0 Å². The van der Waals surface area contributed by atoms with Crippen molar-refractivity contribution in [2.45, 2.75) is 19.0 Å². The van der Waals surface area contributed by atoms with Crippen LogP contribution in [-0.2, 0) is 16.1 Å². The maximum atomic E-state index is 11.5. The molecule has 1 heterocycles. The maximum Gasteiger partial charge on any atom is 0.363 e. The number of halogens is 1. The van der Waals surface area contributed by atoms with Crippen molar-refractivity contribution in [2.75, 3.05) is 7.11 Å². The number of hydrogen-bond acceptors (Lipinski definition) is 3. The van der Waals surface area contributed by atoms with Crippen LogP contribution in [0.25, 0.3) is 10.9 Å². The van der Waals surface area contributed by atoms with Crippen molar-refractivity contribution in [3.8, 4) is 5.75 Å². The van der Waals surface area contributed by atoms with Crippen molar-refractivity contribution < 1.29 is 14.3 Å². The summed E-state index contributed by atoms with van der Waals surface area (Å²) in [4.78, 5) is 11.5. The number of alkyl halides is 1. The molecule has 1 unspecified atom stereocenters. The minimum atomic E-state index is -1.17. The molecule has 0 aliphatic heterocycles. The van der Waals surface area contributed by atoms with Gasteiger partial charge in [0.05, 0.1) is 12.6 Å². The molecular weight excluding hydrogens is 326 g/mol. The summed E-state index contributed by atoms with van der Waals surface area (Å²) in [5.74, 6) is -0.0538. The number of benzene rings is 2. The van der Waals surface area contributed by atoms with Gasteiger partial charge in [0.2, 0.25) is 0 Å². The highest BCUT2D eigenvalue weighted by Crippen LogP contribution is 2.30. The number of carbonyl (C=O) groups is 1. The Balaban J connectivity index is 1.97. The van der Waals surface area contributed by atoms with Gasteiger partial charge >= 0.3 is 5.97 Å². The van der Waals surface area contributed by atoms with E-state index in [2.05, 4.69) is 21.4 Å². The maximum absolute atomic E-state index is 11.5. The number of aromatic nitrogens is 1. The lowest BCUT2D eigenvalue weighted by Crippen LogP contribution is -2.22. The molecule has 5 heteroatoms. The molecule has 0 aliphatic rings. The number of nitrogens with zero attached hydrogens (tertiary/aromatic N) is 1. The van der Waals surface area contributed by atoms with Gasteiger partial charge in [0.15, 0.2) is 0 Å². The van der Waals surface area contributed by atoms with Crippen LogP contribution < -0.4 is 4.74 Å². The minimum Gasteiger partial charge on any atom is -0.465 e. The fourth-order valence-corrected chi connectivity index (χ4v) is 2.91. The Morgan fingerprint density at radius 1 is 1.17 bits per heavy atom. The zero-order valence-corrected chi connectivity index (χ0v) is 14.3. The fraction of sp³-hybridized carbons (Fsp3) is 0.211. The molecule has 1 atom stereocenters. The topological polar surface area (TPSA) is 40.5 Å². The van der Waals surface area contributed by atoms with Crippen molar-refractivity contribution in [3.63, 3.8) is 0 Å². The molecule has 0 bridgehead atoms. The molecule has 2 aromatic carbocycles. The first kappa shape index (κ1) is 16.4. The Kier molecular flexibility index (Phi) is 4.76. The highest BCUT2D eigenvalue weighted by atomic mass is 35.5. The second-order valence-corrected chi connectivity index (χ2v) is 5.90. The van der Waals surface area contributed by atoms with Gasteiger partial charge < -0.3 is 14.0 Å². The van der Waals surface area contributed by atoms with E-state index in [-0.39, 0.29) is 0 Å². The van der Waals surface area contributed by atoms with E-state index in [1.807, 2.05) is 43.3 Å². The van der Waals surface area contributed by atoms with E-state index in [1.54, 1.807) is 6.07 Å². The third-order valence-corrected chi connectivity index (χ3v) is 4.18. The Hall–Kier alpha value is -2.46. The molecule has 0 saturated carbocycles. The Morgan fingerprint density at radius 2 is 1.92 bits per heavy atom. The molecule has 0 aliphatic carbocycles. The van der Waals surface area contributed by atoms with Crippen molar-refractivity contribution in [1.29, 1.82) is 0 Å². The lowest BCUT2D eigenvalue weighted by atomic mass is 10.2. The van der Waals surface area contributed by atoms with Crippen LogP contribution in [0.1, 0.15) is 11.3 Å². The molecule has 24 heavy (non-hydrogen) atoms. The lowest BCUT2D eigenvalue weighted by molar-refractivity contribution is -0.144. The van der Waals surface area contributed by atoms with E-state index in [0.717, 1.165) is 23.1 Å². The summed E-state index contributed by atoms with van der Waals surface area (Å²) in [7, 11) is 1.28. The number of esters is 1. The minimum absolute atomic E-state index is 0.563. The van der Waals surface area contributed by atoms with Crippen LogP contribution in [0.2, 0.25) is 0 Å². The second kappa shape index (κ2) is 6.97. The summed E-state index contributed by atoms with van der Waals surface area (Å²) in [6.07, 6.45) is 0. The molecule has 3 rings (SSSR count). The number of ether oxygens (including phenoxy) is 2. The van der Waals surface area contributed by atoms with E-state index in [9.17, 15) is 4.79 Å². The molecule has 0 spiro atoms. The molecule has 1 aromatic heterocycles. The van der Waals surface area contributed by atoms with Crippen molar-refractivity contribution in [3.05, 3.63) is 65.9 Å². The van der Waals surface area contributed by atoms with Crippen molar-refractivity contribution in [1.82, 2.24) is 4.57 Å². The van der Waals surface area contributed by atoms with Gasteiger partial charge in [0, 0.05) is 17.6 Å². The van der Waals surface area contributed by atoms with Gasteiger partial charge in [-0.15, -0.1) is 0 Å². The monoisotopic (exact) mass is 343 g/mol. The summed E-state index contributed by atoms with van der Waals surface area (Å²) >= 11 is 5.94. The highest BCUT2D eigenvalue weighted by molar-refractivity contribution is 6.29. The van der Waals surface area contributed by atoms with Gasteiger partial charge in [-0.2, -0.15) is 0 Å². The molecule has 124 valence electrons. The van der Waals surface area contributed by atoms with E-state index in [1.165, 1.54) is 12.7 Å². The summed E-state index contributed by atoms with van der Waals surface area (Å²) in [6, 6.07) is 18.0. The second-order valence-electron chi connectivity index (χ2n) is 5.50. The van der Waals surface area contributed by atoms with Gasteiger partial charge in [0.25, 0.3) is 5.56 Å². The lowest BCUT2D eigenvalue weighted by Gasteiger charge is -2.12. The number of methoxy groups -OCH3 is 1. The smallest absolute Gasteiger partial charge is 0.363 e. The van der Waals surface area contributed by atoms with E-state index in [0.29, 0.717) is 5.75 Å². The van der Waals surface area contributed by atoms with Gasteiger partial charge in [0.1, 0.15) is 5.75 Å². The summed E-state index contributed by atoms with van der Waals surface area (Å²) in [6.45, 7) is 2.81. The molecular formula is C19H18ClNO3. The van der Waals surface area contributed by atoms with Crippen LogP contribution >= 0.6 is 11.6 Å². The average molecular weight is 344 g/mol. The fourth-order valence-electron chi connectivity index (χ4n) is 2.72. The summed E-state index contributed by atoms with van der Waals surface area (Å²) in [5, 5.41) is 0.917. The third kappa shape index (κ3) is 3.24. The Morgan fingerprint density at radius 3 is 2.62 bits per heavy atom. The normalized spacial score (nSPS) is 12.1. The van der Waals surface area contributed by atoms with Crippen LogP contribution in [0.15, 0.2) is 54.6 Å². The molecule has 0 radical (unpaired) electrons. The first-order valence-corrected chi connectivity index (χ1v) is 8.05. The van der Waals surface area contributed by atoms with Gasteiger partial charge in [-0.3, -0.25) is 0 Å². The van der Waals surface area contributed by atoms with E-state index in [4.69, 9.17) is 16.3 Å². The van der Waals surface area contributed by atoms with Gasteiger partial charge in [-0.25, -0.2) is 4.79 Å². The first-order valence-electron chi connectivity index (χ1n) is 7.61. The molecule has 0 N–H and O–H groups in total. The van der Waals surface area contributed by atoms with Gasteiger partial charge in [-0.05, 0) is 30.7 Å². The average Bonchev–Trinajstić information content (AvgIpc) is 2.92. The largest absolute Gasteiger partial charge is 0.465 e. The van der Waals surface area contributed by atoms with Crippen molar-refractivity contribution >= 4 is 28.5 Å². The predicted molar refractivity (Wildman–Crippen MR) is 94.5 cm³/mol. The predicted octanol–water partition coefficient (Wildman–Crippen LogP) is 4.11. The SMILES string of the molecule is COC(=O)C(Cl)Oc1cccc2c1cc(C)n2Cc1ccccc1. The van der Waals surface area contributed by atoms with Crippen LogP contribution in [0.5, 0.6) is 5.75 Å². The van der Waals surface area contributed by atoms with E-state index >= 15 is 0 Å². The number of rotatable bonds is 5. The molecule has 0 amide bonds. The Labute approximate surface area is 145 Å². The molecule has 0 fully saturated rings. The summed E-state index contributed by atoms with van der Waals surface area (Å²) in [5.41, 5.74) is 2.18. The molecule has 3 aromatic rings. The third-order valence-electron chi connectivity index (χ3n) is 3.91. The standard InChI is InChI=1S/C19H18ClNO3/c1-13-11-15-16(21(13)12-14-7-4-3-5-8-14)9-6-10-17(15)24-18(20)19(22)23-2/h3-11,18H,12H2,1-2H3. The first-order chi connectivity index (χ1) is 11.6. The quantitative estimate of drug-likeness (QED) is 0.517. The molecule has 4 nitrogen and oxygen atoms in total. The number of carbonyl (C=O) groups excluding carboxylic acids is 1. The van der Waals surface area contributed by atoms with Crippen LogP contribution in [0.3, 0.4) is 0 Å². The number of fused-ring (bicyclic) bond motifs is 1. The van der Waals surface area contributed by atoms with Crippen LogP contribution in [0.4, 0.5) is 0 Å². The number of hydrogen-bond donors (Lipinski definition) is 0. The Bertz CT molecular complexity index is 858. The molecule has 0 saturated heterocycles. The van der Waals surface area contributed by atoms with Crippen LogP contribution in [-0.4, -0.2) is 23.2 Å². The zero-order valence-electron chi connectivity index (χ0n) is 13.5. The highest BCUT2D eigenvalue weighted by Gasteiger charge is 2.19. The van der Waals surface area contributed by atoms with Crippen LogP contribution in [0, 0.1) is 6.92 Å². The summed E-state index contributed by atoms with van der Waals surface area (Å²) < 4.78 is 12.4. The zero-order chi connectivity index (χ0) is 17.1. The van der Waals surface area contributed by atoms with Gasteiger partial charge in [-0.1, -0.05) is 48.0 Å². The number of aryl methyl sites for hydroxylation is 1.